The number of nitrogens with two attached hydrogens (primary N) is 2. The molecule has 7 heteroatoms. The van der Waals surface area contributed by atoms with Crippen LogP contribution in [0.25, 0.3) is 0 Å². The van der Waals surface area contributed by atoms with Crippen LogP contribution in [-0.4, -0.2) is 41.2 Å². The van der Waals surface area contributed by atoms with E-state index >= 15 is 0 Å². The number of carbonyl (C=O) groups excluding carboxylic acids is 1. The number of nitrogens with zero attached hydrogens (tertiary/aromatic N) is 1. The van der Waals surface area contributed by atoms with Crippen molar-refractivity contribution in [3.8, 4) is 5.75 Å². The Bertz CT molecular complexity index is 1090. The number of carbonyl (C=O) groups is 2. The number of amides is 1. The molecule has 1 fully saturated rings. The second kappa shape index (κ2) is 10.3. The van der Waals surface area contributed by atoms with Crippen molar-refractivity contribution in [3.05, 3.63) is 70.8 Å². The van der Waals surface area contributed by atoms with Crippen LogP contribution in [0, 0.1) is 5.92 Å². The van der Waals surface area contributed by atoms with Crippen LogP contribution in [0.5, 0.6) is 5.75 Å². The summed E-state index contributed by atoms with van der Waals surface area (Å²) in [4.78, 5) is 24.0. The Morgan fingerprint density at radius 3 is 2.56 bits per heavy atom. The number of benzene rings is 2. The summed E-state index contributed by atoms with van der Waals surface area (Å²) in [5.41, 5.74) is 15.0. The van der Waals surface area contributed by atoms with Crippen LogP contribution >= 0.6 is 0 Å². The molecule has 0 radical (unpaired) electrons. The van der Waals surface area contributed by atoms with Gasteiger partial charge in [0.2, 0.25) is 0 Å². The number of primary amides is 1. The zero-order chi connectivity index (χ0) is 25.0. The number of carboxylic acid groups (broad SMARTS) is 1. The maximum absolute atomic E-state index is 12.6. The van der Waals surface area contributed by atoms with Gasteiger partial charge in [-0.3, -0.25) is 4.90 Å². The molecule has 4 rings (SSSR count). The molecule has 2 aromatic carbocycles. The Balaban J connectivity index is 0.000000751. The lowest BCUT2D eigenvalue weighted by Crippen LogP contribution is -2.57. The summed E-state index contributed by atoms with van der Waals surface area (Å²) in [7, 11) is 0. The Kier molecular flexibility index (Phi) is 7.67. The molecule has 0 spiro atoms. The van der Waals surface area contributed by atoms with Crippen molar-refractivity contribution in [1.29, 1.82) is 0 Å². The zero-order valence-electron chi connectivity index (χ0n) is 20.4. The fourth-order valence-corrected chi connectivity index (χ4v) is 5.12. The number of fused-ring (bicyclic) bond motifs is 4. The molecule has 1 aliphatic carbocycles. The number of nitrogen functional groups attached to an aromatic ring is 1. The molecule has 1 aliphatic heterocycles. The monoisotopic (exact) mass is 465 g/mol. The molecular weight excluding hydrogens is 430 g/mol. The average molecular weight is 466 g/mol. The number of ether oxygens (including phenoxy) is 1. The Labute approximate surface area is 201 Å². The molecule has 2 bridgehead atoms. The number of para-hydroxylation sites is 1. The van der Waals surface area contributed by atoms with Crippen LogP contribution in [0.4, 0.5) is 10.5 Å². The molecule has 7 nitrogen and oxygen atoms in total. The van der Waals surface area contributed by atoms with E-state index in [0.29, 0.717) is 29.0 Å². The lowest BCUT2D eigenvalue weighted by Gasteiger charge is -2.54. The number of hydrogen-bond donors (Lipinski definition) is 3. The van der Waals surface area contributed by atoms with Crippen molar-refractivity contribution in [2.75, 3.05) is 18.8 Å². The number of anilines is 1. The number of esters is 1. The number of rotatable bonds is 4. The summed E-state index contributed by atoms with van der Waals surface area (Å²) in [6.45, 7) is 11.2. The fourth-order valence-electron chi connectivity index (χ4n) is 5.12. The van der Waals surface area contributed by atoms with Crippen LogP contribution in [0.3, 0.4) is 0 Å². The van der Waals surface area contributed by atoms with Gasteiger partial charge in [-0.15, -0.1) is 0 Å². The first kappa shape index (κ1) is 25.3. The van der Waals surface area contributed by atoms with Crippen molar-refractivity contribution in [3.63, 3.8) is 0 Å². The predicted molar refractivity (Wildman–Crippen MR) is 134 cm³/mol. The van der Waals surface area contributed by atoms with E-state index in [0.717, 1.165) is 25.9 Å². The summed E-state index contributed by atoms with van der Waals surface area (Å²) < 4.78 is 5.71. The quantitative estimate of drug-likeness (QED) is 0.263. The molecular formula is C27H35N3O4. The van der Waals surface area contributed by atoms with Crippen molar-refractivity contribution in [2.45, 2.75) is 52.0 Å². The van der Waals surface area contributed by atoms with Gasteiger partial charge < -0.3 is 21.3 Å². The first-order valence-electron chi connectivity index (χ1n) is 11.6. The normalized spacial score (nSPS) is 23.1. The van der Waals surface area contributed by atoms with Crippen molar-refractivity contribution in [1.82, 2.24) is 4.90 Å². The summed E-state index contributed by atoms with van der Waals surface area (Å²) in [5, 5.41) is 7.19. The number of likely N-dealkylation sites (tertiary alicyclic amines) is 1. The summed E-state index contributed by atoms with van der Waals surface area (Å²) >= 11 is 0. The predicted octanol–water partition coefficient (Wildman–Crippen LogP) is 4.60. The average Bonchev–Trinajstić information content (AvgIpc) is 2.76. The van der Waals surface area contributed by atoms with Gasteiger partial charge in [0, 0.05) is 18.3 Å². The van der Waals surface area contributed by atoms with E-state index in [4.69, 9.17) is 20.4 Å². The van der Waals surface area contributed by atoms with E-state index in [2.05, 4.69) is 56.5 Å². The highest BCUT2D eigenvalue weighted by atomic mass is 16.5. The molecule has 182 valence electrons. The highest BCUT2D eigenvalue weighted by Gasteiger charge is 2.48. The molecule has 34 heavy (non-hydrogen) atoms. The van der Waals surface area contributed by atoms with Gasteiger partial charge >= 0.3 is 12.1 Å². The maximum atomic E-state index is 12.6. The van der Waals surface area contributed by atoms with Gasteiger partial charge in [0.15, 0.2) is 0 Å². The van der Waals surface area contributed by atoms with Crippen LogP contribution in [-0.2, 0) is 11.8 Å². The van der Waals surface area contributed by atoms with Gasteiger partial charge in [0.1, 0.15) is 5.75 Å². The smallest absolute Gasteiger partial charge is 0.402 e. The van der Waals surface area contributed by atoms with Gasteiger partial charge in [-0.05, 0) is 80.0 Å². The highest BCUT2D eigenvalue weighted by Crippen LogP contribution is 2.49. The molecule has 0 aromatic heterocycles. The zero-order valence-corrected chi connectivity index (χ0v) is 20.4. The Morgan fingerprint density at radius 1 is 1.24 bits per heavy atom. The van der Waals surface area contributed by atoms with E-state index in [-0.39, 0.29) is 5.41 Å². The minimum absolute atomic E-state index is 0.0912. The first-order chi connectivity index (χ1) is 16.0. The summed E-state index contributed by atoms with van der Waals surface area (Å²) in [6, 6.07) is 13.7. The van der Waals surface area contributed by atoms with Gasteiger partial charge in [-0.1, -0.05) is 43.7 Å². The largest absolute Gasteiger partial charge is 0.465 e. The fraction of sp³-hybridized carbons (Fsp3) is 0.407. The van der Waals surface area contributed by atoms with Crippen LogP contribution in [0.15, 0.2) is 54.1 Å². The lowest BCUT2D eigenvalue weighted by atomic mass is 9.59. The molecule has 1 saturated heterocycles. The maximum Gasteiger partial charge on any atom is 0.402 e. The van der Waals surface area contributed by atoms with Gasteiger partial charge in [-0.25, -0.2) is 9.59 Å². The van der Waals surface area contributed by atoms with Crippen molar-refractivity contribution in [2.24, 2.45) is 11.7 Å². The third-order valence-electron chi connectivity index (χ3n) is 7.22. The molecule has 2 aromatic rings. The lowest BCUT2D eigenvalue weighted by molar-refractivity contribution is 0.0395. The molecule has 3 unspecified atom stereocenters. The van der Waals surface area contributed by atoms with Gasteiger partial charge in [0.05, 0.1) is 5.56 Å². The highest BCUT2D eigenvalue weighted by molar-refractivity contribution is 5.96. The second-order valence-corrected chi connectivity index (χ2v) is 9.64. The molecule has 0 saturated carbocycles. The minimum Gasteiger partial charge on any atom is -0.465 e. The number of allylic oxidation sites excluding steroid dienone is 1. The van der Waals surface area contributed by atoms with E-state index in [1.165, 1.54) is 16.7 Å². The third kappa shape index (κ3) is 5.42. The minimum atomic E-state index is -1.33. The molecule has 3 atom stereocenters. The van der Waals surface area contributed by atoms with Crippen LogP contribution < -0.4 is 16.2 Å². The Hall–Kier alpha value is -3.32. The molecule has 1 amide bonds. The van der Waals surface area contributed by atoms with Crippen LogP contribution in [0.2, 0.25) is 0 Å². The molecule has 5 N–H and O–H groups in total. The van der Waals surface area contributed by atoms with Crippen molar-refractivity contribution >= 4 is 17.7 Å². The van der Waals surface area contributed by atoms with Crippen molar-refractivity contribution < 1.29 is 19.4 Å². The Morgan fingerprint density at radius 2 is 1.91 bits per heavy atom. The molecule has 2 aliphatic rings. The van der Waals surface area contributed by atoms with E-state index in [1.54, 1.807) is 18.2 Å². The SMILES string of the molecule is CC(C)=CCN1CCC2(C)c3cc(OC(=O)c4ccccc4N)ccc3CC1C2C.NC(=O)O. The number of hydrogen-bond acceptors (Lipinski definition) is 5. The van der Waals surface area contributed by atoms with Gasteiger partial charge in [-0.2, -0.15) is 0 Å². The summed E-state index contributed by atoms with van der Waals surface area (Å²) in [6.07, 6.45) is 3.16. The standard InChI is InChI=1S/C26H32N2O2.CH3NO2/c1-17(2)11-13-28-14-12-26(4)18(3)24(28)15-19-9-10-20(16-22(19)26)30-25(29)21-7-5-6-8-23(21)27;2-1(3)4/h5-11,16,18,24H,12-15,27H2,1-4H3;2H2,(H,3,4). The van der Waals surface area contributed by atoms with Crippen LogP contribution in [0.1, 0.15) is 55.6 Å². The van der Waals surface area contributed by atoms with E-state index in [9.17, 15) is 4.79 Å². The molecule has 1 heterocycles. The van der Waals surface area contributed by atoms with E-state index < -0.39 is 12.1 Å². The van der Waals surface area contributed by atoms with Gasteiger partial charge in [0.25, 0.3) is 0 Å². The summed E-state index contributed by atoms with van der Waals surface area (Å²) in [5.74, 6) is 0.734. The third-order valence-corrected chi connectivity index (χ3v) is 7.22. The van der Waals surface area contributed by atoms with E-state index in [1.807, 2.05) is 12.1 Å². The first-order valence-corrected chi connectivity index (χ1v) is 11.6. The second-order valence-electron chi connectivity index (χ2n) is 9.64. The topological polar surface area (TPSA) is 119 Å². The number of piperidine rings is 1.